The van der Waals surface area contributed by atoms with Crippen molar-refractivity contribution < 1.29 is 0 Å². The second-order valence-corrected chi connectivity index (χ2v) is 6.30. The van der Waals surface area contributed by atoms with Gasteiger partial charge in [0.05, 0.1) is 0 Å². The summed E-state index contributed by atoms with van der Waals surface area (Å²) in [7, 11) is 0. The summed E-state index contributed by atoms with van der Waals surface area (Å²) in [6.45, 7) is 3.14. The van der Waals surface area contributed by atoms with E-state index in [1.807, 2.05) is 11.8 Å². The molecule has 0 amide bonds. The largest absolute Gasteiger partial charge is 0.309 e. The van der Waals surface area contributed by atoms with Crippen molar-refractivity contribution in [3.05, 3.63) is 64.6 Å². The van der Waals surface area contributed by atoms with Crippen molar-refractivity contribution in [1.29, 1.82) is 0 Å². The van der Waals surface area contributed by atoms with Gasteiger partial charge in [0.15, 0.2) is 0 Å². The number of hydrogen-bond acceptors (Lipinski definition) is 2. The Bertz CT molecular complexity index is 501. The molecular weight excluding hydrogens is 318 g/mol. The normalized spacial score (nSPS) is 12.3. The van der Waals surface area contributed by atoms with Gasteiger partial charge in [0.1, 0.15) is 0 Å². The van der Waals surface area contributed by atoms with Gasteiger partial charge in [0, 0.05) is 21.2 Å². The Labute approximate surface area is 127 Å². The first-order valence-electron chi connectivity index (χ1n) is 6.46. The first-order valence-corrected chi connectivity index (χ1v) is 8.24. The van der Waals surface area contributed by atoms with Crippen LogP contribution in [0.3, 0.4) is 0 Å². The van der Waals surface area contributed by atoms with Crippen LogP contribution in [0.25, 0.3) is 0 Å². The van der Waals surface area contributed by atoms with Crippen molar-refractivity contribution >= 4 is 27.7 Å². The number of halogens is 1. The zero-order valence-corrected chi connectivity index (χ0v) is 13.4. The minimum absolute atomic E-state index is 0.398. The molecule has 2 aromatic rings. The number of benzene rings is 2. The zero-order chi connectivity index (χ0) is 13.5. The second kappa shape index (κ2) is 7.73. The summed E-state index contributed by atoms with van der Waals surface area (Å²) >= 11 is 5.40. The van der Waals surface area contributed by atoms with Crippen LogP contribution in [-0.4, -0.2) is 12.3 Å². The SMILES string of the molecule is CCNC(CSc1cccc(Br)c1)c1ccccc1. The van der Waals surface area contributed by atoms with Crippen LogP contribution in [-0.2, 0) is 0 Å². The Kier molecular flexibility index (Phi) is 5.95. The Balaban J connectivity index is 2.01. The molecule has 19 heavy (non-hydrogen) atoms. The van der Waals surface area contributed by atoms with Gasteiger partial charge in [-0.3, -0.25) is 0 Å². The Morgan fingerprint density at radius 1 is 1.11 bits per heavy atom. The van der Waals surface area contributed by atoms with E-state index < -0.39 is 0 Å². The average Bonchev–Trinajstić information content (AvgIpc) is 2.44. The fourth-order valence-electron chi connectivity index (χ4n) is 1.94. The molecule has 2 rings (SSSR count). The van der Waals surface area contributed by atoms with Gasteiger partial charge in [-0.05, 0) is 30.3 Å². The zero-order valence-electron chi connectivity index (χ0n) is 11.0. The highest BCUT2D eigenvalue weighted by Crippen LogP contribution is 2.26. The lowest BCUT2D eigenvalue weighted by Gasteiger charge is -2.18. The van der Waals surface area contributed by atoms with E-state index in [4.69, 9.17) is 0 Å². The summed E-state index contributed by atoms with van der Waals surface area (Å²) in [6, 6.07) is 19.5. The van der Waals surface area contributed by atoms with E-state index in [2.05, 4.69) is 82.8 Å². The predicted molar refractivity (Wildman–Crippen MR) is 87.7 cm³/mol. The third-order valence-corrected chi connectivity index (χ3v) is 4.45. The smallest absolute Gasteiger partial charge is 0.0415 e. The van der Waals surface area contributed by atoms with Crippen molar-refractivity contribution in [3.8, 4) is 0 Å². The molecule has 1 N–H and O–H groups in total. The van der Waals surface area contributed by atoms with Crippen LogP contribution in [0.4, 0.5) is 0 Å². The van der Waals surface area contributed by atoms with Gasteiger partial charge in [-0.2, -0.15) is 0 Å². The van der Waals surface area contributed by atoms with E-state index >= 15 is 0 Å². The van der Waals surface area contributed by atoms with Crippen molar-refractivity contribution in [2.75, 3.05) is 12.3 Å². The molecule has 0 aliphatic rings. The molecule has 0 bridgehead atoms. The molecular formula is C16H18BrNS. The molecule has 0 saturated carbocycles. The van der Waals surface area contributed by atoms with E-state index in [1.54, 1.807) is 0 Å². The highest BCUT2D eigenvalue weighted by molar-refractivity contribution is 9.10. The molecule has 2 aromatic carbocycles. The highest BCUT2D eigenvalue weighted by atomic mass is 79.9. The van der Waals surface area contributed by atoms with Gasteiger partial charge in [0.25, 0.3) is 0 Å². The van der Waals surface area contributed by atoms with Crippen LogP contribution in [0.2, 0.25) is 0 Å². The summed E-state index contributed by atoms with van der Waals surface area (Å²) in [5.74, 6) is 1.04. The third kappa shape index (κ3) is 4.68. The molecule has 1 nitrogen and oxygen atoms in total. The van der Waals surface area contributed by atoms with Crippen molar-refractivity contribution in [2.45, 2.75) is 17.9 Å². The van der Waals surface area contributed by atoms with Crippen molar-refractivity contribution in [3.63, 3.8) is 0 Å². The predicted octanol–water partition coefficient (Wildman–Crippen LogP) is 4.89. The van der Waals surface area contributed by atoms with Gasteiger partial charge < -0.3 is 5.32 Å². The van der Waals surface area contributed by atoms with Gasteiger partial charge in [-0.25, -0.2) is 0 Å². The quantitative estimate of drug-likeness (QED) is 0.754. The summed E-state index contributed by atoms with van der Waals surface area (Å²) in [5.41, 5.74) is 1.35. The molecule has 0 spiro atoms. The molecule has 1 unspecified atom stereocenters. The second-order valence-electron chi connectivity index (χ2n) is 4.29. The highest BCUT2D eigenvalue weighted by Gasteiger charge is 2.10. The fraction of sp³-hybridized carbons (Fsp3) is 0.250. The van der Waals surface area contributed by atoms with Crippen molar-refractivity contribution in [2.24, 2.45) is 0 Å². The van der Waals surface area contributed by atoms with Gasteiger partial charge >= 0.3 is 0 Å². The monoisotopic (exact) mass is 335 g/mol. The topological polar surface area (TPSA) is 12.0 Å². The molecule has 0 aliphatic heterocycles. The molecule has 0 aliphatic carbocycles. The molecule has 0 saturated heterocycles. The van der Waals surface area contributed by atoms with Gasteiger partial charge in [-0.15, -0.1) is 11.8 Å². The van der Waals surface area contributed by atoms with Crippen LogP contribution < -0.4 is 5.32 Å². The summed E-state index contributed by atoms with van der Waals surface area (Å²) in [5, 5.41) is 3.55. The Morgan fingerprint density at radius 2 is 1.89 bits per heavy atom. The van der Waals surface area contributed by atoms with Crippen LogP contribution in [0.1, 0.15) is 18.5 Å². The lowest BCUT2D eigenvalue weighted by atomic mass is 10.1. The molecule has 1 atom stereocenters. The minimum Gasteiger partial charge on any atom is -0.309 e. The van der Waals surface area contributed by atoms with Crippen molar-refractivity contribution in [1.82, 2.24) is 5.32 Å². The molecule has 0 heterocycles. The Morgan fingerprint density at radius 3 is 2.58 bits per heavy atom. The van der Waals surface area contributed by atoms with Gasteiger partial charge in [-0.1, -0.05) is 59.3 Å². The third-order valence-electron chi connectivity index (χ3n) is 2.87. The average molecular weight is 336 g/mol. The number of rotatable bonds is 6. The van der Waals surface area contributed by atoms with E-state index in [1.165, 1.54) is 10.5 Å². The first-order chi connectivity index (χ1) is 9.29. The van der Waals surface area contributed by atoms with Crippen LogP contribution in [0, 0.1) is 0 Å². The number of thioether (sulfide) groups is 1. The molecule has 0 aromatic heterocycles. The van der Waals surface area contributed by atoms with E-state index in [-0.39, 0.29) is 0 Å². The molecule has 0 radical (unpaired) electrons. The maximum atomic E-state index is 3.55. The van der Waals surface area contributed by atoms with Crippen LogP contribution in [0.15, 0.2) is 64.0 Å². The molecule has 3 heteroatoms. The molecule has 0 fully saturated rings. The van der Waals surface area contributed by atoms with Gasteiger partial charge in [0.2, 0.25) is 0 Å². The summed E-state index contributed by atoms with van der Waals surface area (Å²) < 4.78 is 1.14. The first kappa shape index (κ1) is 14.6. The minimum atomic E-state index is 0.398. The summed E-state index contributed by atoms with van der Waals surface area (Å²) in [6.07, 6.45) is 0. The van der Waals surface area contributed by atoms with Crippen LogP contribution in [0.5, 0.6) is 0 Å². The lowest BCUT2D eigenvalue weighted by molar-refractivity contribution is 0.606. The lowest BCUT2D eigenvalue weighted by Crippen LogP contribution is -2.22. The van der Waals surface area contributed by atoms with E-state index in [0.29, 0.717) is 6.04 Å². The number of nitrogens with one attached hydrogen (secondary N) is 1. The van der Waals surface area contributed by atoms with E-state index in [0.717, 1.165) is 16.8 Å². The maximum Gasteiger partial charge on any atom is 0.0415 e. The van der Waals surface area contributed by atoms with E-state index in [9.17, 15) is 0 Å². The fourth-order valence-corrected chi connectivity index (χ4v) is 3.55. The molecule has 100 valence electrons. The maximum absolute atomic E-state index is 3.55. The number of hydrogen-bond donors (Lipinski definition) is 1. The van der Waals surface area contributed by atoms with Crippen LogP contribution >= 0.6 is 27.7 Å². The Hall–Kier alpha value is -0.770. The summed E-state index contributed by atoms with van der Waals surface area (Å²) in [4.78, 5) is 1.30. The standard InChI is InChI=1S/C16H18BrNS/c1-2-18-16(13-7-4-3-5-8-13)12-19-15-10-6-9-14(17)11-15/h3-11,16,18H,2,12H2,1H3.